The van der Waals surface area contributed by atoms with Gasteiger partial charge in [-0.1, -0.05) is 23.4 Å². The molecule has 1 aromatic carbocycles. The molecule has 0 fully saturated rings. The number of aromatic nitrogens is 7. The zero-order valence-corrected chi connectivity index (χ0v) is 12.4. The van der Waals surface area contributed by atoms with E-state index in [1.165, 1.54) is 11.7 Å². The first kappa shape index (κ1) is 12.7. The van der Waals surface area contributed by atoms with Crippen molar-refractivity contribution in [2.75, 3.05) is 0 Å². The summed E-state index contributed by atoms with van der Waals surface area (Å²) in [6.07, 6.45) is 0. The van der Waals surface area contributed by atoms with Crippen LogP contribution >= 0.6 is 0 Å². The molecule has 0 amide bonds. The highest BCUT2D eigenvalue weighted by Crippen LogP contribution is 2.18. The normalized spacial score (nSPS) is 11.5. The molecular weight excluding hydrogens is 286 g/mol. The first-order valence-corrected chi connectivity index (χ1v) is 6.55. The average Bonchev–Trinajstić information content (AvgIpc) is 3.02. The standard InChI is InChI=1S/C13H15N7O2/c1-9-6-4-5-7-11(9)22-8-10-12(18(2)15-14-10)20-13(21)19(3)16-17-20/h4-7H,8H2,1-3H3/i4T. The predicted octanol–water partition coefficient (Wildman–Crippen LogP) is -0.0181. The van der Waals surface area contributed by atoms with E-state index < -0.39 is 5.69 Å². The Morgan fingerprint density at radius 2 is 2.05 bits per heavy atom. The molecule has 0 radical (unpaired) electrons. The van der Waals surface area contributed by atoms with Gasteiger partial charge >= 0.3 is 5.69 Å². The largest absolute Gasteiger partial charge is 0.487 e. The summed E-state index contributed by atoms with van der Waals surface area (Å²) in [4.78, 5) is 12.0. The molecule has 3 rings (SSSR count). The monoisotopic (exact) mass is 303 g/mol. The van der Waals surface area contributed by atoms with Gasteiger partial charge in [-0.05, 0) is 29.0 Å². The third-order valence-electron chi connectivity index (χ3n) is 3.17. The molecule has 0 atom stereocenters. The fourth-order valence-electron chi connectivity index (χ4n) is 2.00. The molecular formula is C13H15N7O2. The Morgan fingerprint density at radius 3 is 2.73 bits per heavy atom. The lowest BCUT2D eigenvalue weighted by Crippen LogP contribution is -2.24. The second-order valence-corrected chi connectivity index (χ2v) is 4.76. The second-order valence-electron chi connectivity index (χ2n) is 4.76. The van der Waals surface area contributed by atoms with Crippen LogP contribution in [0.25, 0.3) is 5.82 Å². The van der Waals surface area contributed by atoms with Crippen molar-refractivity contribution in [3.63, 3.8) is 0 Å². The minimum absolute atomic E-state index is 0.115. The zero-order chi connectivity index (χ0) is 16.6. The van der Waals surface area contributed by atoms with Crippen LogP contribution in [0.3, 0.4) is 0 Å². The molecule has 9 nitrogen and oxygen atoms in total. The third-order valence-corrected chi connectivity index (χ3v) is 3.17. The van der Waals surface area contributed by atoms with Gasteiger partial charge in [-0.3, -0.25) is 0 Å². The topological polar surface area (TPSA) is 92.7 Å². The maximum atomic E-state index is 12.0. The van der Waals surface area contributed by atoms with Gasteiger partial charge in [0, 0.05) is 14.1 Å². The van der Waals surface area contributed by atoms with E-state index in [4.69, 9.17) is 6.11 Å². The van der Waals surface area contributed by atoms with Crippen molar-refractivity contribution in [1.29, 1.82) is 0 Å². The Balaban J connectivity index is 1.90. The van der Waals surface area contributed by atoms with Gasteiger partial charge < -0.3 is 4.74 Å². The van der Waals surface area contributed by atoms with Crippen molar-refractivity contribution in [3.05, 3.63) is 46.0 Å². The minimum atomic E-state index is -0.397. The van der Waals surface area contributed by atoms with Crippen LogP contribution in [0, 0.1) is 6.92 Å². The molecule has 2 heterocycles. The molecule has 0 saturated carbocycles. The van der Waals surface area contributed by atoms with Crippen molar-refractivity contribution in [2.24, 2.45) is 14.1 Å². The molecule has 0 aliphatic heterocycles. The van der Waals surface area contributed by atoms with Crippen LogP contribution in [-0.4, -0.2) is 34.8 Å². The summed E-state index contributed by atoms with van der Waals surface area (Å²) in [5.74, 6) is 1.04. The number of nitrogens with zero attached hydrogens (tertiary/aromatic N) is 7. The molecule has 0 aliphatic rings. The van der Waals surface area contributed by atoms with Crippen LogP contribution in [0.15, 0.2) is 29.0 Å². The van der Waals surface area contributed by atoms with Crippen LogP contribution in [0.2, 0.25) is 0 Å². The summed E-state index contributed by atoms with van der Waals surface area (Å²) < 4.78 is 17.0. The molecule has 0 unspecified atom stereocenters. The highest BCUT2D eigenvalue weighted by Gasteiger charge is 2.18. The van der Waals surface area contributed by atoms with Crippen LogP contribution in [0.4, 0.5) is 0 Å². The van der Waals surface area contributed by atoms with Gasteiger partial charge in [0.1, 0.15) is 18.1 Å². The molecule has 0 aliphatic carbocycles. The quantitative estimate of drug-likeness (QED) is 0.672. The summed E-state index contributed by atoms with van der Waals surface area (Å²) in [6, 6.07) is 5.50. The van der Waals surface area contributed by atoms with E-state index in [1.807, 2.05) is 6.92 Å². The van der Waals surface area contributed by atoms with Gasteiger partial charge in [-0.25, -0.2) is 9.48 Å². The fourth-order valence-corrected chi connectivity index (χ4v) is 2.00. The third kappa shape index (κ3) is 2.36. The molecule has 2 aromatic heterocycles. The SMILES string of the molecule is [3H]c1ccc(OCc2nnn(C)c2-n2nnn(C)c2=O)c(C)c1. The summed E-state index contributed by atoms with van der Waals surface area (Å²) in [7, 11) is 3.17. The van der Waals surface area contributed by atoms with E-state index in [0.717, 1.165) is 14.9 Å². The van der Waals surface area contributed by atoms with Crippen molar-refractivity contribution in [3.8, 4) is 11.6 Å². The molecule has 3 aromatic rings. The molecule has 0 N–H and O–H groups in total. The maximum Gasteiger partial charge on any atom is 0.369 e. The zero-order valence-electron chi connectivity index (χ0n) is 13.4. The van der Waals surface area contributed by atoms with Crippen molar-refractivity contribution in [1.82, 2.24) is 34.8 Å². The highest BCUT2D eigenvalue weighted by molar-refractivity contribution is 5.32. The molecule has 0 saturated heterocycles. The molecule has 22 heavy (non-hydrogen) atoms. The number of hydrogen-bond donors (Lipinski definition) is 0. The Bertz CT molecular complexity index is 911. The van der Waals surface area contributed by atoms with Crippen LogP contribution in [0.1, 0.15) is 12.6 Å². The van der Waals surface area contributed by atoms with Crippen LogP contribution < -0.4 is 10.4 Å². The Hall–Kier alpha value is -2.97. The number of hydrogen-bond acceptors (Lipinski definition) is 6. The van der Waals surface area contributed by atoms with E-state index in [1.54, 1.807) is 25.2 Å². The van der Waals surface area contributed by atoms with E-state index in [9.17, 15) is 4.79 Å². The van der Waals surface area contributed by atoms with Gasteiger partial charge in [0.2, 0.25) is 0 Å². The first-order chi connectivity index (χ1) is 11.0. The first-order valence-electron chi connectivity index (χ1n) is 7.05. The Kier molecular flexibility index (Phi) is 3.15. The van der Waals surface area contributed by atoms with Crippen molar-refractivity contribution in [2.45, 2.75) is 13.5 Å². The summed E-state index contributed by atoms with van der Waals surface area (Å²) >= 11 is 0. The van der Waals surface area contributed by atoms with Gasteiger partial charge in [-0.2, -0.15) is 4.68 Å². The molecule has 0 bridgehead atoms. The number of ether oxygens (including phenoxy) is 1. The lowest BCUT2D eigenvalue weighted by Gasteiger charge is -2.08. The van der Waals surface area contributed by atoms with E-state index in [2.05, 4.69) is 20.7 Å². The highest BCUT2D eigenvalue weighted by atomic mass is 16.5. The van der Waals surface area contributed by atoms with Gasteiger partial charge in [-0.15, -0.1) is 9.78 Å². The smallest absolute Gasteiger partial charge is 0.369 e. The summed E-state index contributed by atoms with van der Waals surface area (Å²) in [6.45, 7) is 1.97. The van der Waals surface area contributed by atoms with E-state index in [0.29, 0.717) is 23.3 Å². The van der Waals surface area contributed by atoms with E-state index in [-0.39, 0.29) is 6.61 Å². The minimum Gasteiger partial charge on any atom is -0.487 e. The number of para-hydroxylation sites is 1. The summed E-state index contributed by atoms with van der Waals surface area (Å²) in [5.41, 5.74) is 0.912. The second kappa shape index (κ2) is 5.43. The average molecular weight is 303 g/mol. The molecule has 114 valence electrons. The molecule has 0 spiro atoms. The van der Waals surface area contributed by atoms with Crippen molar-refractivity contribution >= 4 is 0 Å². The van der Waals surface area contributed by atoms with Crippen molar-refractivity contribution < 1.29 is 6.11 Å². The lowest BCUT2D eigenvalue weighted by molar-refractivity contribution is 0.298. The number of rotatable bonds is 4. The molecule has 9 heteroatoms. The number of tetrazole rings is 1. The Labute approximate surface area is 127 Å². The van der Waals surface area contributed by atoms with Gasteiger partial charge in [0.15, 0.2) is 5.82 Å². The fraction of sp³-hybridized carbons (Fsp3) is 0.308. The lowest BCUT2D eigenvalue weighted by atomic mass is 10.2. The van der Waals surface area contributed by atoms with Gasteiger partial charge in [0.25, 0.3) is 0 Å². The number of benzene rings is 1. The van der Waals surface area contributed by atoms with Gasteiger partial charge in [0.05, 0.1) is 1.37 Å². The maximum absolute atomic E-state index is 12.0. The van der Waals surface area contributed by atoms with Crippen LogP contribution in [-0.2, 0) is 20.7 Å². The van der Waals surface area contributed by atoms with E-state index >= 15 is 0 Å². The predicted molar refractivity (Wildman–Crippen MR) is 76.7 cm³/mol. The Morgan fingerprint density at radius 1 is 1.23 bits per heavy atom. The van der Waals surface area contributed by atoms with Crippen LogP contribution in [0.5, 0.6) is 5.75 Å². The number of aryl methyl sites for hydroxylation is 3. The summed E-state index contributed by atoms with van der Waals surface area (Å²) in [5, 5.41) is 15.4.